The van der Waals surface area contributed by atoms with Crippen molar-refractivity contribution < 1.29 is 0 Å². The molecule has 0 saturated heterocycles. The van der Waals surface area contributed by atoms with Crippen molar-refractivity contribution in [2.45, 2.75) is 32.2 Å². The minimum atomic E-state index is 0.610. The second-order valence-electron chi connectivity index (χ2n) is 4.06. The van der Waals surface area contributed by atoms with Gasteiger partial charge >= 0.3 is 0 Å². The molecule has 0 aliphatic heterocycles. The smallest absolute Gasteiger partial charge is 0.162 e. The highest BCUT2D eigenvalue weighted by Crippen LogP contribution is 2.38. The summed E-state index contributed by atoms with van der Waals surface area (Å²) in [6.45, 7) is 2.12. The minimum absolute atomic E-state index is 0.610. The zero-order chi connectivity index (χ0) is 10.4. The van der Waals surface area contributed by atoms with Crippen LogP contribution in [0.5, 0.6) is 0 Å². The van der Waals surface area contributed by atoms with Gasteiger partial charge in [0.25, 0.3) is 0 Å². The summed E-state index contributed by atoms with van der Waals surface area (Å²) in [6, 6.07) is 2.42. The molecule has 4 nitrogen and oxygen atoms in total. The standard InChI is InChI=1S/C11H14N4/c1-2-9-14-10-8(12)5-6-13-11(10)15(9)7-3-4-7/h5-7H,2-4H2,1H3,(H2,12,13). The van der Waals surface area contributed by atoms with Gasteiger partial charge in [-0.1, -0.05) is 6.92 Å². The lowest BCUT2D eigenvalue weighted by Gasteiger charge is -2.04. The van der Waals surface area contributed by atoms with Crippen LogP contribution in [0.2, 0.25) is 0 Å². The van der Waals surface area contributed by atoms with E-state index in [4.69, 9.17) is 5.73 Å². The molecule has 2 aromatic heterocycles. The first kappa shape index (κ1) is 8.71. The first-order valence-electron chi connectivity index (χ1n) is 5.42. The third-order valence-corrected chi connectivity index (χ3v) is 2.91. The maximum absolute atomic E-state index is 5.90. The van der Waals surface area contributed by atoms with Crippen LogP contribution in [0.15, 0.2) is 12.3 Å². The Kier molecular flexibility index (Phi) is 1.71. The topological polar surface area (TPSA) is 56.7 Å². The normalized spacial score (nSPS) is 16.1. The van der Waals surface area contributed by atoms with E-state index in [1.165, 1.54) is 12.8 Å². The fourth-order valence-electron chi connectivity index (χ4n) is 2.02. The first-order chi connectivity index (χ1) is 7.31. The van der Waals surface area contributed by atoms with Gasteiger partial charge in [-0.2, -0.15) is 0 Å². The number of aryl methyl sites for hydroxylation is 1. The van der Waals surface area contributed by atoms with Gasteiger partial charge in [-0.05, 0) is 18.9 Å². The summed E-state index contributed by atoms with van der Waals surface area (Å²) < 4.78 is 2.26. The van der Waals surface area contributed by atoms with E-state index in [-0.39, 0.29) is 0 Å². The molecule has 2 aromatic rings. The molecule has 0 amide bonds. The fourth-order valence-corrected chi connectivity index (χ4v) is 2.02. The second kappa shape index (κ2) is 2.95. The first-order valence-corrected chi connectivity index (χ1v) is 5.42. The minimum Gasteiger partial charge on any atom is -0.397 e. The van der Waals surface area contributed by atoms with Crippen LogP contribution in [0.3, 0.4) is 0 Å². The third kappa shape index (κ3) is 1.21. The third-order valence-electron chi connectivity index (χ3n) is 2.91. The van der Waals surface area contributed by atoms with Crippen LogP contribution in [0.4, 0.5) is 5.69 Å². The molecule has 1 saturated carbocycles. The summed E-state index contributed by atoms with van der Waals surface area (Å²) in [5, 5.41) is 0. The van der Waals surface area contributed by atoms with Gasteiger partial charge < -0.3 is 10.3 Å². The van der Waals surface area contributed by atoms with Crippen LogP contribution in [0.1, 0.15) is 31.6 Å². The average Bonchev–Trinajstić information content (AvgIpc) is 3.00. The molecule has 78 valence electrons. The van der Waals surface area contributed by atoms with Gasteiger partial charge in [-0.15, -0.1) is 0 Å². The van der Waals surface area contributed by atoms with E-state index in [2.05, 4.69) is 21.5 Å². The van der Waals surface area contributed by atoms with Gasteiger partial charge in [0.05, 0.1) is 5.69 Å². The summed E-state index contributed by atoms with van der Waals surface area (Å²) in [4.78, 5) is 8.96. The van der Waals surface area contributed by atoms with Crippen LogP contribution in [-0.4, -0.2) is 14.5 Å². The molecular weight excluding hydrogens is 188 g/mol. The molecule has 15 heavy (non-hydrogen) atoms. The van der Waals surface area contributed by atoms with Crippen molar-refractivity contribution in [1.29, 1.82) is 0 Å². The molecule has 4 heteroatoms. The molecule has 0 unspecified atom stereocenters. The molecular formula is C11H14N4. The number of nitrogens with zero attached hydrogens (tertiary/aromatic N) is 3. The molecule has 0 spiro atoms. The number of aromatic nitrogens is 3. The molecule has 1 aliphatic rings. The second-order valence-corrected chi connectivity index (χ2v) is 4.06. The van der Waals surface area contributed by atoms with E-state index in [1.54, 1.807) is 6.20 Å². The van der Waals surface area contributed by atoms with E-state index >= 15 is 0 Å². The average molecular weight is 202 g/mol. The number of hydrogen-bond acceptors (Lipinski definition) is 3. The largest absolute Gasteiger partial charge is 0.397 e. The summed E-state index contributed by atoms with van der Waals surface area (Å²) >= 11 is 0. The predicted molar refractivity (Wildman–Crippen MR) is 59.6 cm³/mol. The summed E-state index contributed by atoms with van der Waals surface area (Å²) in [5.41, 5.74) is 8.44. The summed E-state index contributed by atoms with van der Waals surface area (Å²) in [5.74, 6) is 1.11. The van der Waals surface area contributed by atoms with E-state index in [0.717, 1.165) is 29.1 Å². The molecule has 3 rings (SSSR count). The molecule has 0 radical (unpaired) electrons. The van der Waals surface area contributed by atoms with Gasteiger partial charge in [-0.25, -0.2) is 9.97 Å². The van der Waals surface area contributed by atoms with Crippen LogP contribution < -0.4 is 5.73 Å². The van der Waals surface area contributed by atoms with Crippen molar-refractivity contribution in [2.24, 2.45) is 0 Å². The molecule has 1 fully saturated rings. The monoisotopic (exact) mass is 202 g/mol. The van der Waals surface area contributed by atoms with E-state index in [1.807, 2.05) is 6.07 Å². The van der Waals surface area contributed by atoms with Crippen LogP contribution in [-0.2, 0) is 6.42 Å². The maximum Gasteiger partial charge on any atom is 0.162 e. The Bertz CT molecular complexity index is 511. The van der Waals surface area contributed by atoms with Crippen LogP contribution >= 0.6 is 0 Å². The zero-order valence-electron chi connectivity index (χ0n) is 8.77. The Balaban J connectivity index is 2.33. The maximum atomic E-state index is 5.90. The Morgan fingerprint density at radius 2 is 2.33 bits per heavy atom. The number of rotatable bonds is 2. The molecule has 2 heterocycles. The molecule has 0 bridgehead atoms. The highest BCUT2D eigenvalue weighted by Gasteiger charge is 2.28. The number of fused-ring (bicyclic) bond motifs is 1. The SMILES string of the molecule is CCc1nc2c(N)ccnc2n1C1CC1. The van der Waals surface area contributed by atoms with Crippen LogP contribution in [0.25, 0.3) is 11.2 Å². The predicted octanol–water partition coefficient (Wildman–Crippen LogP) is 1.91. The summed E-state index contributed by atoms with van der Waals surface area (Å²) in [6.07, 6.45) is 5.19. The van der Waals surface area contributed by atoms with Crippen molar-refractivity contribution in [3.8, 4) is 0 Å². The van der Waals surface area contributed by atoms with Crippen molar-refractivity contribution in [3.05, 3.63) is 18.1 Å². The van der Waals surface area contributed by atoms with Gasteiger partial charge in [-0.3, -0.25) is 0 Å². The molecule has 0 aromatic carbocycles. The lowest BCUT2D eigenvalue weighted by molar-refractivity contribution is 0.702. The fraction of sp³-hybridized carbons (Fsp3) is 0.455. The van der Waals surface area contributed by atoms with E-state index in [9.17, 15) is 0 Å². The Hall–Kier alpha value is -1.58. The number of imidazole rings is 1. The van der Waals surface area contributed by atoms with Crippen LogP contribution in [0, 0.1) is 0 Å². The van der Waals surface area contributed by atoms with Gasteiger partial charge in [0, 0.05) is 18.7 Å². The number of hydrogen-bond donors (Lipinski definition) is 1. The van der Waals surface area contributed by atoms with Gasteiger partial charge in [0.2, 0.25) is 0 Å². The number of pyridine rings is 1. The number of nitrogens with two attached hydrogens (primary N) is 1. The number of nitrogen functional groups attached to an aromatic ring is 1. The molecule has 2 N–H and O–H groups in total. The lowest BCUT2D eigenvalue weighted by Crippen LogP contribution is -2.00. The Morgan fingerprint density at radius 3 is 3.00 bits per heavy atom. The van der Waals surface area contributed by atoms with Crippen molar-refractivity contribution in [2.75, 3.05) is 5.73 Å². The highest BCUT2D eigenvalue weighted by molar-refractivity contribution is 5.84. The highest BCUT2D eigenvalue weighted by atomic mass is 15.2. The van der Waals surface area contributed by atoms with Crippen molar-refractivity contribution in [1.82, 2.24) is 14.5 Å². The van der Waals surface area contributed by atoms with Gasteiger partial charge in [0.1, 0.15) is 11.3 Å². The Morgan fingerprint density at radius 1 is 1.53 bits per heavy atom. The van der Waals surface area contributed by atoms with Crippen molar-refractivity contribution >= 4 is 16.9 Å². The summed E-state index contributed by atoms with van der Waals surface area (Å²) in [7, 11) is 0. The quantitative estimate of drug-likeness (QED) is 0.809. The molecule has 1 aliphatic carbocycles. The van der Waals surface area contributed by atoms with Gasteiger partial charge in [0.15, 0.2) is 5.65 Å². The number of anilines is 1. The van der Waals surface area contributed by atoms with Crippen molar-refractivity contribution in [3.63, 3.8) is 0 Å². The lowest BCUT2D eigenvalue weighted by atomic mass is 10.4. The van der Waals surface area contributed by atoms with E-state index in [0.29, 0.717) is 6.04 Å². The molecule has 0 atom stereocenters. The van der Waals surface area contributed by atoms with E-state index < -0.39 is 0 Å². The Labute approximate surface area is 88.1 Å². The zero-order valence-corrected chi connectivity index (χ0v) is 8.77.